The van der Waals surface area contributed by atoms with Crippen molar-refractivity contribution in [2.24, 2.45) is 23.7 Å². The van der Waals surface area contributed by atoms with Crippen LogP contribution in [0, 0.1) is 23.7 Å². The largest absolute Gasteiger partial charge is 0.0996 e. The van der Waals surface area contributed by atoms with Gasteiger partial charge in [-0.2, -0.15) is 0 Å². The third-order valence-electron chi connectivity index (χ3n) is 4.06. The summed E-state index contributed by atoms with van der Waals surface area (Å²) in [5.74, 6) is 3.76. The first kappa shape index (κ1) is 6.05. The fraction of sp³-hybridized carbons (Fsp3) is 0.636. The molecule has 3 aliphatic carbocycles. The molecule has 0 aromatic heterocycles. The minimum absolute atomic E-state index is 0.899. The van der Waals surface area contributed by atoms with E-state index in [4.69, 9.17) is 0 Å². The van der Waals surface area contributed by atoms with Gasteiger partial charge in [-0.1, -0.05) is 24.3 Å². The molecule has 0 radical (unpaired) electrons. The van der Waals surface area contributed by atoms with Crippen LogP contribution in [-0.4, -0.2) is 0 Å². The number of hydrogen-bond acceptors (Lipinski definition) is 0. The predicted molar refractivity (Wildman–Crippen MR) is 46.1 cm³/mol. The Morgan fingerprint density at radius 3 is 2.55 bits per heavy atom. The summed E-state index contributed by atoms with van der Waals surface area (Å²) in [6.45, 7) is 8.27. The van der Waals surface area contributed by atoms with Crippen LogP contribution >= 0.6 is 0 Å². The van der Waals surface area contributed by atoms with Crippen LogP contribution in [0.25, 0.3) is 0 Å². The quantitative estimate of drug-likeness (QED) is 0.461. The molecule has 2 bridgehead atoms. The van der Waals surface area contributed by atoms with Gasteiger partial charge in [0.2, 0.25) is 0 Å². The molecule has 58 valence electrons. The average molecular weight is 146 g/mol. The summed E-state index contributed by atoms with van der Waals surface area (Å²) in [5.41, 5.74) is 3.08. The van der Waals surface area contributed by atoms with Crippen LogP contribution in [0.4, 0.5) is 0 Å². The van der Waals surface area contributed by atoms with E-state index in [0.29, 0.717) is 0 Å². The van der Waals surface area contributed by atoms with Crippen molar-refractivity contribution in [3.05, 3.63) is 24.3 Å². The minimum atomic E-state index is 0.899. The topological polar surface area (TPSA) is 0 Å². The Labute approximate surface area is 68.0 Å². The molecule has 11 heavy (non-hydrogen) atoms. The van der Waals surface area contributed by atoms with Crippen LogP contribution in [0.5, 0.6) is 0 Å². The van der Waals surface area contributed by atoms with Gasteiger partial charge in [0.1, 0.15) is 0 Å². The molecule has 3 rings (SSSR count). The van der Waals surface area contributed by atoms with E-state index < -0.39 is 0 Å². The zero-order chi connectivity index (χ0) is 7.59. The van der Waals surface area contributed by atoms with Gasteiger partial charge < -0.3 is 0 Å². The zero-order valence-electron chi connectivity index (χ0n) is 6.84. The molecule has 0 aliphatic heterocycles. The van der Waals surface area contributed by atoms with Gasteiger partial charge in [0.05, 0.1) is 0 Å². The first-order valence-electron chi connectivity index (χ1n) is 4.62. The van der Waals surface area contributed by atoms with Gasteiger partial charge in [0, 0.05) is 0 Å². The van der Waals surface area contributed by atoms with E-state index in [-0.39, 0.29) is 0 Å². The summed E-state index contributed by atoms with van der Waals surface area (Å²) in [7, 11) is 0. The van der Waals surface area contributed by atoms with Crippen LogP contribution in [-0.2, 0) is 0 Å². The summed E-state index contributed by atoms with van der Waals surface area (Å²) < 4.78 is 0. The second kappa shape index (κ2) is 1.63. The van der Waals surface area contributed by atoms with Crippen molar-refractivity contribution in [3.63, 3.8) is 0 Å². The highest BCUT2D eigenvalue weighted by molar-refractivity contribution is 5.30. The molecule has 0 spiro atoms. The van der Waals surface area contributed by atoms with Crippen LogP contribution < -0.4 is 0 Å². The van der Waals surface area contributed by atoms with Gasteiger partial charge in [-0.15, -0.1) is 0 Å². The van der Waals surface area contributed by atoms with Crippen LogP contribution in [0.1, 0.15) is 19.3 Å². The van der Waals surface area contributed by atoms with Crippen molar-refractivity contribution in [2.75, 3.05) is 0 Å². The van der Waals surface area contributed by atoms with E-state index in [1.54, 1.807) is 5.57 Å². The van der Waals surface area contributed by atoms with E-state index in [2.05, 4.69) is 13.2 Å². The second-order valence-electron chi connectivity index (χ2n) is 4.52. The summed E-state index contributed by atoms with van der Waals surface area (Å²) in [6.07, 6.45) is 4.06. The molecule has 0 aromatic rings. The fourth-order valence-corrected chi connectivity index (χ4v) is 3.60. The molecule has 4 atom stereocenters. The third-order valence-corrected chi connectivity index (χ3v) is 4.06. The summed E-state index contributed by atoms with van der Waals surface area (Å²) in [5, 5.41) is 0. The molecule has 0 nitrogen and oxygen atoms in total. The molecule has 0 amide bonds. The van der Waals surface area contributed by atoms with Crippen molar-refractivity contribution in [1.82, 2.24) is 0 Å². The summed E-state index contributed by atoms with van der Waals surface area (Å²) in [6, 6.07) is 0. The van der Waals surface area contributed by atoms with Crippen LogP contribution in [0.2, 0.25) is 0 Å². The van der Waals surface area contributed by atoms with Crippen molar-refractivity contribution >= 4 is 0 Å². The lowest BCUT2D eigenvalue weighted by atomic mass is 9.62. The molecule has 3 fully saturated rings. The molecular weight excluding hydrogens is 132 g/mol. The van der Waals surface area contributed by atoms with Crippen molar-refractivity contribution in [2.45, 2.75) is 19.3 Å². The van der Waals surface area contributed by atoms with Gasteiger partial charge in [0.15, 0.2) is 0 Å². The molecule has 4 unspecified atom stereocenters. The minimum Gasteiger partial charge on any atom is -0.0996 e. The lowest BCUT2D eigenvalue weighted by molar-refractivity contribution is 0.215. The highest BCUT2D eigenvalue weighted by Crippen LogP contribution is 2.64. The van der Waals surface area contributed by atoms with Gasteiger partial charge >= 0.3 is 0 Å². The Balaban J connectivity index is 1.98. The van der Waals surface area contributed by atoms with E-state index in [1.165, 1.54) is 24.8 Å². The lowest BCUT2D eigenvalue weighted by Gasteiger charge is -2.43. The third kappa shape index (κ3) is 0.535. The molecule has 0 heterocycles. The van der Waals surface area contributed by atoms with E-state index in [0.717, 1.165) is 23.7 Å². The normalized spacial score (nSPS) is 52.7. The average Bonchev–Trinajstić information content (AvgIpc) is 2.37. The number of rotatable bonds is 0. The van der Waals surface area contributed by atoms with Crippen molar-refractivity contribution in [3.8, 4) is 0 Å². The smallest absolute Gasteiger partial charge is 0.0137 e. The van der Waals surface area contributed by atoms with Gasteiger partial charge in [-0.25, -0.2) is 0 Å². The van der Waals surface area contributed by atoms with E-state index >= 15 is 0 Å². The Kier molecular flexibility index (Phi) is 0.894. The monoisotopic (exact) mass is 146 g/mol. The maximum atomic E-state index is 4.15. The summed E-state index contributed by atoms with van der Waals surface area (Å²) in [4.78, 5) is 0. The molecule has 0 aromatic carbocycles. The number of hydrogen-bond donors (Lipinski definition) is 0. The SMILES string of the molecule is C=C1CC2CC1C1CC(=C)C21. The predicted octanol–water partition coefficient (Wildman–Crippen LogP) is 2.77. The molecular formula is C11H14. The van der Waals surface area contributed by atoms with Gasteiger partial charge in [-0.05, 0) is 42.9 Å². The summed E-state index contributed by atoms with van der Waals surface area (Å²) >= 11 is 0. The van der Waals surface area contributed by atoms with E-state index in [9.17, 15) is 0 Å². The van der Waals surface area contributed by atoms with Gasteiger partial charge in [0.25, 0.3) is 0 Å². The lowest BCUT2D eigenvalue weighted by Crippen LogP contribution is -2.34. The second-order valence-corrected chi connectivity index (χ2v) is 4.52. The first-order valence-corrected chi connectivity index (χ1v) is 4.62. The standard InChI is InChI=1S/C11H14/c1-6-3-8-5-9(6)10-4-7(2)11(8)10/h8-11H,1-5H2. The van der Waals surface area contributed by atoms with Gasteiger partial charge in [-0.3, -0.25) is 0 Å². The Bertz CT molecular complexity index is 245. The molecule has 3 aliphatic rings. The maximum Gasteiger partial charge on any atom is -0.0137 e. The molecule has 0 saturated heterocycles. The highest BCUT2D eigenvalue weighted by Gasteiger charge is 2.55. The zero-order valence-corrected chi connectivity index (χ0v) is 6.84. The highest BCUT2D eigenvalue weighted by atomic mass is 14.6. The Morgan fingerprint density at radius 2 is 1.91 bits per heavy atom. The van der Waals surface area contributed by atoms with E-state index in [1.807, 2.05) is 0 Å². The molecule has 3 saturated carbocycles. The van der Waals surface area contributed by atoms with Crippen molar-refractivity contribution < 1.29 is 0 Å². The van der Waals surface area contributed by atoms with Crippen molar-refractivity contribution in [1.29, 1.82) is 0 Å². The molecule has 0 heteroatoms. The fourth-order valence-electron chi connectivity index (χ4n) is 3.60. The maximum absolute atomic E-state index is 4.15. The van der Waals surface area contributed by atoms with Crippen LogP contribution in [0.15, 0.2) is 24.3 Å². The molecule has 0 N–H and O–H groups in total. The number of fused-ring (bicyclic) bond motifs is 5. The Hall–Kier alpha value is -0.520. The Morgan fingerprint density at radius 1 is 1.09 bits per heavy atom. The van der Waals surface area contributed by atoms with Crippen LogP contribution in [0.3, 0.4) is 0 Å². The number of allylic oxidation sites excluding steroid dienone is 2. The first-order chi connectivity index (χ1) is 5.27.